The maximum Gasteiger partial charge on any atom is 0.227 e. The lowest BCUT2D eigenvalue weighted by Gasteiger charge is -2.33. The normalized spacial score (nSPS) is 25.8. The van der Waals surface area contributed by atoms with Crippen LogP contribution >= 0.6 is 0 Å². The highest BCUT2D eigenvalue weighted by Crippen LogP contribution is 2.25. The minimum atomic E-state index is 0.0763. The quantitative estimate of drug-likeness (QED) is 0.797. The van der Waals surface area contributed by atoms with Crippen LogP contribution in [0.3, 0.4) is 0 Å². The Labute approximate surface area is 99.4 Å². The van der Waals surface area contributed by atoms with Crippen molar-refractivity contribution in [3.8, 4) is 0 Å². The molecule has 0 aromatic heterocycles. The van der Waals surface area contributed by atoms with E-state index < -0.39 is 0 Å². The number of rotatable bonds is 4. The van der Waals surface area contributed by atoms with Crippen LogP contribution in [-0.4, -0.2) is 29.9 Å². The molecule has 94 valence electrons. The first kappa shape index (κ1) is 13.5. The number of amides is 1. The van der Waals surface area contributed by atoms with E-state index in [1.54, 1.807) is 0 Å². The first-order valence-corrected chi connectivity index (χ1v) is 6.60. The summed E-state index contributed by atoms with van der Waals surface area (Å²) in [6, 6.07) is 0.0856. The lowest BCUT2D eigenvalue weighted by atomic mass is 9.84. The van der Waals surface area contributed by atoms with Crippen LogP contribution in [0.15, 0.2) is 0 Å². The van der Waals surface area contributed by atoms with Crippen LogP contribution in [0.1, 0.15) is 46.5 Å². The van der Waals surface area contributed by atoms with Crippen LogP contribution in [0.25, 0.3) is 0 Å². The predicted octanol–water partition coefficient (Wildman–Crippen LogP) is 2.01. The summed E-state index contributed by atoms with van der Waals surface area (Å²) in [5.41, 5.74) is 6.06. The van der Waals surface area contributed by atoms with Crippen molar-refractivity contribution in [3.63, 3.8) is 0 Å². The van der Waals surface area contributed by atoms with Gasteiger partial charge in [0, 0.05) is 19.1 Å². The Morgan fingerprint density at radius 3 is 2.50 bits per heavy atom. The van der Waals surface area contributed by atoms with Gasteiger partial charge in [0.2, 0.25) is 5.91 Å². The standard InChI is InChI=1S/C13H26N2O/c1-4-15(9-10(2)3)13(16)11-7-5-6-8-12(11)14/h10-12H,4-9,14H2,1-3H3. The third kappa shape index (κ3) is 3.48. The summed E-state index contributed by atoms with van der Waals surface area (Å²) in [6.07, 6.45) is 4.33. The summed E-state index contributed by atoms with van der Waals surface area (Å²) in [5.74, 6) is 0.888. The zero-order valence-corrected chi connectivity index (χ0v) is 10.9. The van der Waals surface area contributed by atoms with Gasteiger partial charge in [0.1, 0.15) is 0 Å². The second-order valence-electron chi connectivity index (χ2n) is 5.33. The second-order valence-corrected chi connectivity index (χ2v) is 5.33. The number of nitrogens with two attached hydrogens (primary N) is 1. The van der Waals surface area contributed by atoms with Gasteiger partial charge in [-0.25, -0.2) is 0 Å². The third-order valence-electron chi connectivity index (χ3n) is 3.42. The maximum absolute atomic E-state index is 12.3. The van der Waals surface area contributed by atoms with Gasteiger partial charge in [-0.2, -0.15) is 0 Å². The average molecular weight is 226 g/mol. The Bertz CT molecular complexity index is 228. The molecule has 0 bridgehead atoms. The molecule has 0 spiro atoms. The van der Waals surface area contributed by atoms with Crippen LogP contribution in [0, 0.1) is 11.8 Å². The highest BCUT2D eigenvalue weighted by molar-refractivity contribution is 5.79. The Hall–Kier alpha value is -0.570. The van der Waals surface area contributed by atoms with Crippen molar-refractivity contribution >= 4 is 5.91 Å². The highest BCUT2D eigenvalue weighted by atomic mass is 16.2. The minimum Gasteiger partial charge on any atom is -0.342 e. The van der Waals surface area contributed by atoms with Gasteiger partial charge in [0.25, 0.3) is 0 Å². The molecule has 16 heavy (non-hydrogen) atoms. The van der Waals surface area contributed by atoms with Gasteiger partial charge >= 0.3 is 0 Å². The molecule has 3 heteroatoms. The first-order valence-electron chi connectivity index (χ1n) is 6.60. The smallest absolute Gasteiger partial charge is 0.227 e. The van der Waals surface area contributed by atoms with E-state index in [9.17, 15) is 4.79 Å². The maximum atomic E-state index is 12.3. The first-order chi connectivity index (χ1) is 7.56. The zero-order valence-electron chi connectivity index (χ0n) is 10.9. The van der Waals surface area contributed by atoms with Crippen molar-refractivity contribution in [2.45, 2.75) is 52.5 Å². The molecule has 2 N–H and O–H groups in total. The largest absolute Gasteiger partial charge is 0.342 e. The second kappa shape index (κ2) is 6.24. The number of hydrogen-bond donors (Lipinski definition) is 1. The SMILES string of the molecule is CCN(CC(C)C)C(=O)C1CCCCC1N. The summed E-state index contributed by atoms with van der Waals surface area (Å²) in [6.45, 7) is 8.01. The fraction of sp³-hybridized carbons (Fsp3) is 0.923. The van der Waals surface area contributed by atoms with Crippen LogP contribution in [-0.2, 0) is 4.79 Å². The summed E-state index contributed by atoms with van der Waals surface area (Å²) in [5, 5.41) is 0. The van der Waals surface area contributed by atoms with Crippen molar-refractivity contribution in [1.29, 1.82) is 0 Å². The molecule has 0 radical (unpaired) electrons. The molecule has 1 amide bonds. The van der Waals surface area contributed by atoms with E-state index >= 15 is 0 Å². The van der Waals surface area contributed by atoms with Crippen LogP contribution < -0.4 is 5.73 Å². The molecule has 3 nitrogen and oxygen atoms in total. The number of carbonyl (C=O) groups is 1. The molecule has 1 rings (SSSR count). The molecular weight excluding hydrogens is 200 g/mol. The molecule has 0 aromatic rings. The summed E-state index contributed by atoms with van der Waals surface area (Å²) >= 11 is 0. The van der Waals surface area contributed by atoms with Crippen molar-refractivity contribution in [3.05, 3.63) is 0 Å². The molecule has 2 atom stereocenters. The summed E-state index contributed by atoms with van der Waals surface area (Å²) in [4.78, 5) is 14.3. The number of nitrogens with zero attached hydrogens (tertiary/aromatic N) is 1. The highest BCUT2D eigenvalue weighted by Gasteiger charge is 2.31. The van der Waals surface area contributed by atoms with Crippen molar-refractivity contribution in [2.24, 2.45) is 17.6 Å². The van der Waals surface area contributed by atoms with Crippen molar-refractivity contribution in [1.82, 2.24) is 4.90 Å². The molecule has 1 fully saturated rings. The van der Waals surface area contributed by atoms with E-state index in [0.717, 1.165) is 32.4 Å². The third-order valence-corrected chi connectivity index (χ3v) is 3.42. The van der Waals surface area contributed by atoms with Gasteiger partial charge in [0.15, 0.2) is 0 Å². The van der Waals surface area contributed by atoms with E-state index in [2.05, 4.69) is 20.8 Å². The summed E-state index contributed by atoms with van der Waals surface area (Å²) < 4.78 is 0. The molecule has 0 aromatic carbocycles. The fourth-order valence-corrected chi connectivity index (χ4v) is 2.52. The van der Waals surface area contributed by atoms with E-state index in [1.165, 1.54) is 6.42 Å². The molecule has 0 saturated heterocycles. The van der Waals surface area contributed by atoms with Gasteiger partial charge in [0.05, 0.1) is 5.92 Å². The Morgan fingerprint density at radius 2 is 2.00 bits per heavy atom. The summed E-state index contributed by atoms with van der Waals surface area (Å²) in [7, 11) is 0. The van der Waals surface area contributed by atoms with Gasteiger partial charge < -0.3 is 10.6 Å². The average Bonchev–Trinajstić information content (AvgIpc) is 2.25. The van der Waals surface area contributed by atoms with E-state index in [4.69, 9.17) is 5.73 Å². The van der Waals surface area contributed by atoms with Crippen LogP contribution in [0.5, 0.6) is 0 Å². The van der Waals surface area contributed by atoms with Gasteiger partial charge in [-0.1, -0.05) is 26.7 Å². The van der Waals surface area contributed by atoms with E-state index in [0.29, 0.717) is 5.92 Å². The molecule has 0 heterocycles. The van der Waals surface area contributed by atoms with Gasteiger partial charge in [-0.15, -0.1) is 0 Å². The monoisotopic (exact) mass is 226 g/mol. The molecule has 1 aliphatic rings. The fourth-order valence-electron chi connectivity index (χ4n) is 2.52. The minimum absolute atomic E-state index is 0.0763. The molecular formula is C13H26N2O. The van der Waals surface area contributed by atoms with Crippen molar-refractivity contribution < 1.29 is 4.79 Å². The van der Waals surface area contributed by atoms with Gasteiger partial charge in [-0.3, -0.25) is 4.79 Å². The van der Waals surface area contributed by atoms with Gasteiger partial charge in [-0.05, 0) is 25.7 Å². The Kier molecular flexibility index (Phi) is 5.26. The van der Waals surface area contributed by atoms with E-state index in [-0.39, 0.29) is 17.9 Å². The number of hydrogen-bond acceptors (Lipinski definition) is 2. The van der Waals surface area contributed by atoms with Crippen LogP contribution in [0.2, 0.25) is 0 Å². The molecule has 0 aliphatic heterocycles. The molecule has 1 saturated carbocycles. The Morgan fingerprint density at radius 1 is 1.38 bits per heavy atom. The molecule has 1 aliphatic carbocycles. The zero-order chi connectivity index (χ0) is 12.1. The predicted molar refractivity (Wildman–Crippen MR) is 67.0 cm³/mol. The number of carbonyl (C=O) groups excluding carboxylic acids is 1. The topological polar surface area (TPSA) is 46.3 Å². The lowest BCUT2D eigenvalue weighted by Crippen LogP contribution is -2.46. The Balaban J connectivity index is 2.58. The van der Waals surface area contributed by atoms with E-state index in [1.807, 2.05) is 4.90 Å². The lowest BCUT2D eigenvalue weighted by molar-refractivity contribution is -0.137. The van der Waals surface area contributed by atoms with Crippen LogP contribution in [0.4, 0.5) is 0 Å². The molecule has 2 unspecified atom stereocenters. The van der Waals surface area contributed by atoms with Crippen molar-refractivity contribution in [2.75, 3.05) is 13.1 Å².